The van der Waals surface area contributed by atoms with Crippen LogP contribution < -0.4 is 10.6 Å². The van der Waals surface area contributed by atoms with Crippen molar-refractivity contribution in [2.45, 2.75) is 38.6 Å². The molecule has 0 saturated carbocycles. The average molecular weight is 343 g/mol. The zero-order valence-corrected chi connectivity index (χ0v) is 15.3. The fraction of sp³-hybridized carbons (Fsp3) is 0.611. The highest BCUT2D eigenvalue weighted by Gasteiger charge is 2.19. The van der Waals surface area contributed by atoms with E-state index in [-0.39, 0.29) is 0 Å². The van der Waals surface area contributed by atoms with Crippen molar-refractivity contribution in [3.05, 3.63) is 30.2 Å². The van der Waals surface area contributed by atoms with Gasteiger partial charge in [0.15, 0.2) is 11.6 Å². The van der Waals surface area contributed by atoms with E-state index in [9.17, 15) is 0 Å². The lowest BCUT2D eigenvalue weighted by Gasteiger charge is -2.32. The molecule has 0 amide bonds. The van der Waals surface area contributed by atoms with Crippen LogP contribution in [-0.4, -0.2) is 64.7 Å². The van der Waals surface area contributed by atoms with E-state index in [2.05, 4.69) is 37.6 Å². The minimum Gasteiger partial charge on any atom is -0.356 e. The number of fused-ring (bicyclic) bond motifs is 1. The Hall–Kier alpha value is -2.15. The van der Waals surface area contributed by atoms with Crippen LogP contribution in [0, 0.1) is 0 Å². The topological polar surface area (TPSA) is 69.8 Å². The lowest BCUT2D eigenvalue weighted by atomic mass is 10.1. The zero-order chi connectivity index (χ0) is 17.5. The van der Waals surface area contributed by atoms with Crippen LogP contribution in [-0.2, 0) is 6.42 Å². The Morgan fingerprint density at radius 2 is 2.12 bits per heavy atom. The molecular weight excluding hydrogens is 314 g/mol. The molecule has 7 nitrogen and oxygen atoms in total. The van der Waals surface area contributed by atoms with Gasteiger partial charge in [-0.2, -0.15) is 0 Å². The molecule has 7 heteroatoms. The number of hydrogen-bond acceptors (Lipinski definition) is 4. The van der Waals surface area contributed by atoms with Gasteiger partial charge in [-0.15, -0.1) is 10.2 Å². The largest absolute Gasteiger partial charge is 0.356 e. The minimum atomic E-state index is 0.508. The summed E-state index contributed by atoms with van der Waals surface area (Å²) in [7, 11) is 1.83. The van der Waals surface area contributed by atoms with Crippen LogP contribution in [0.5, 0.6) is 0 Å². The van der Waals surface area contributed by atoms with Crippen LogP contribution in [0.4, 0.5) is 0 Å². The van der Waals surface area contributed by atoms with E-state index in [4.69, 9.17) is 0 Å². The Kier molecular flexibility index (Phi) is 6.22. The van der Waals surface area contributed by atoms with E-state index >= 15 is 0 Å². The average Bonchev–Trinajstić information content (AvgIpc) is 3.06. The Labute approximate surface area is 149 Å². The number of nitrogens with one attached hydrogen (secondary N) is 2. The summed E-state index contributed by atoms with van der Waals surface area (Å²) in [4.78, 5) is 6.90. The number of piperidine rings is 1. The molecule has 1 aliphatic heterocycles. The summed E-state index contributed by atoms with van der Waals surface area (Å²) in [5, 5.41) is 15.4. The van der Waals surface area contributed by atoms with Gasteiger partial charge in [-0.05, 0) is 37.9 Å². The summed E-state index contributed by atoms with van der Waals surface area (Å²) in [6.45, 7) is 6.59. The van der Waals surface area contributed by atoms with E-state index in [1.807, 2.05) is 35.8 Å². The molecule has 136 valence electrons. The molecule has 3 rings (SSSR count). The van der Waals surface area contributed by atoms with Crippen LogP contribution in [0.1, 0.15) is 32.0 Å². The first-order valence-corrected chi connectivity index (χ1v) is 9.28. The molecule has 0 spiro atoms. The smallest absolute Gasteiger partial charge is 0.191 e. The van der Waals surface area contributed by atoms with Gasteiger partial charge in [0.05, 0.1) is 0 Å². The van der Waals surface area contributed by atoms with E-state index in [1.54, 1.807) is 0 Å². The third kappa shape index (κ3) is 4.69. The SMILES string of the molecule is CCCN1CCC(NC(=NC)NCCc2nnc3ccccn23)CC1. The van der Waals surface area contributed by atoms with Gasteiger partial charge in [0.2, 0.25) is 0 Å². The molecule has 1 aliphatic rings. The van der Waals surface area contributed by atoms with Crippen molar-refractivity contribution in [1.29, 1.82) is 0 Å². The molecule has 1 fully saturated rings. The summed E-state index contributed by atoms with van der Waals surface area (Å²) in [5.74, 6) is 1.84. The maximum Gasteiger partial charge on any atom is 0.191 e. The van der Waals surface area contributed by atoms with Crippen molar-refractivity contribution < 1.29 is 0 Å². The molecule has 3 heterocycles. The number of aromatic nitrogens is 3. The van der Waals surface area contributed by atoms with E-state index in [1.165, 1.54) is 38.9 Å². The molecule has 0 atom stereocenters. The van der Waals surface area contributed by atoms with Gasteiger partial charge in [0.1, 0.15) is 5.82 Å². The molecule has 25 heavy (non-hydrogen) atoms. The number of pyridine rings is 1. The second kappa shape index (κ2) is 8.80. The molecule has 0 bridgehead atoms. The van der Waals surface area contributed by atoms with Crippen molar-refractivity contribution in [3.63, 3.8) is 0 Å². The molecule has 0 radical (unpaired) electrons. The van der Waals surface area contributed by atoms with Crippen molar-refractivity contribution in [2.75, 3.05) is 33.2 Å². The van der Waals surface area contributed by atoms with Gasteiger partial charge in [0, 0.05) is 45.3 Å². The fourth-order valence-electron chi connectivity index (χ4n) is 3.36. The van der Waals surface area contributed by atoms with E-state index in [0.29, 0.717) is 6.04 Å². The first kappa shape index (κ1) is 17.7. The maximum atomic E-state index is 4.36. The third-order valence-electron chi connectivity index (χ3n) is 4.72. The van der Waals surface area contributed by atoms with Gasteiger partial charge < -0.3 is 15.5 Å². The maximum absolute atomic E-state index is 4.36. The molecule has 1 saturated heterocycles. The van der Waals surface area contributed by atoms with Gasteiger partial charge in [-0.3, -0.25) is 9.39 Å². The number of likely N-dealkylation sites (tertiary alicyclic amines) is 1. The van der Waals surface area contributed by atoms with Crippen molar-refractivity contribution >= 4 is 11.6 Å². The minimum absolute atomic E-state index is 0.508. The molecule has 2 N–H and O–H groups in total. The quantitative estimate of drug-likeness (QED) is 0.611. The standard InChI is InChI=1S/C18H29N7/c1-3-11-24-13-8-15(9-14-24)21-18(19-2)20-10-7-17-23-22-16-6-4-5-12-25(16)17/h4-6,12,15H,3,7-11,13-14H2,1-2H3,(H2,19,20,21). The second-order valence-corrected chi connectivity index (χ2v) is 6.55. The highest BCUT2D eigenvalue weighted by molar-refractivity contribution is 5.79. The zero-order valence-electron chi connectivity index (χ0n) is 15.3. The van der Waals surface area contributed by atoms with Crippen molar-refractivity contribution in [1.82, 2.24) is 30.1 Å². The van der Waals surface area contributed by atoms with Gasteiger partial charge in [-0.25, -0.2) is 0 Å². The number of rotatable bonds is 6. The highest BCUT2D eigenvalue weighted by Crippen LogP contribution is 2.10. The van der Waals surface area contributed by atoms with Gasteiger partial charge in [-0.1, -0.05) is 13.0 Å². The van der Waals surface area contributed by atoms with E-state index < -0.39 is 0 Å². The van der Waals surface area contributed by atoms with Crippen molar-refractivity contribution in [2.24, 2.45) is 4.99 Å². The second-order valence-electron chi connectivity index (χ2n) is 6.55. The highest BCUT2D eigenvalue weighted by atomic mass is 15.2. The predicted octanol–water partition coefficient (Wildman–Crippen LogP) is 1.31. The fourth-order valence-corrected chi connectivity index (χ4v) is 3.36. The molecular formula is C18H29N7. The third-order valence-corrected chi connectivity index (χ3v) is 4.72. The number of aliphatic imine (C=N–C) groups is 1. The Morgan fingerprint density at radius 3 is 2.88 bits per heavy atom. The van der Waals surface area contributed by atoms with Crippen LogP contribution in [0.25, 0.3) is 5.65 Å². The summed E-state index contributed by atoms with van der Waals surface area (Å²) in [6.07, 6.45) is 6.40. The lowest BCUT2D eigenvalue weighted by Crippen LogP contribution is -2.49. The Morgan fingerprint density at radius 1 is 1.28 bits per heavy atom. The summed E-state index contributed by atoms with van der Waals surface area (Å²) in [5.41, 5.74) is 0.888. The summed E-state index contributed by atoms with van der Waals surface area (Å²) >= 11 is 0. The number of guanidine groups is 1. The molecule has 0 aromatic carbocycles. The van der Waals surface area contributed by atoms with Crippen LogP contribution in [0.2, 0.25) is 0 Å². The molecule has 0 aliphatic carbocycles. The summed E-state index contributed by atoms with van der Waals surface area (Å²) < 4.78 is 2.03. The normalized spacial score (nSPS) is 17.1. The summed E-state index contributed by atoms with van der Waals surface area (Å²) in [6, 6.07) is 6.45. The predicted molar refractivity (Wildman–Crippen MR) is 101 cm³/mol. The van der Waals surface area contributed by atoms with E-state index in [0.717, 1.165) is 30.4 Å². The van der Waals surface area contributed by atoms with Gasteiger partial charge in [0.25, 0.3) is 0 Å². The van der Waals surface area contributed by atoms with Crippen LogP contribution >= 0.6 is 0 Å². The number of nitrogens with zero attached hydrogens (tertiary/aromatic N) is 5. The Bertz CT molecular complexity index is 686. The monoisotopic (exact) mass is 343 g/mol. The van der Waals surface area contributed by atoms with Gasteiger partial charge >= 0.3 is 0 Å². The lowest BCUT2D eigenvalue weighted by molar-refractivity contribution is 0.206. The molecule has 0 unspecified atom stereocenters. The Balaban J connectivity index is 1.44. The van der Waals surface area contributed by atoms with Crippen molar-refractivity contribution in [3.8, 4) is 0 Å². The molecule has 2 aromatic heterocycles. The molecule has 2 aromatic rings. The first-order valence-electron chi connectivity index (χ1n) is 9.28. The van der Waals surface area contributed by atoms with Crippen LogP contribution in [0.15, 0.2) is 29.4 Å². The number of hydrogen-bond donors (Lipinski definition) is 2. The first-order chi connectivity index (χ1) is 12.3. The van der Waals surface area contributed by atoms with Crippen LogP contribution in [0.3, 0.4) is 0 Å².